The van der Waals surface area contributed by atoms with Crippen LogP contribution in [0.1, 0.15) is 33.4 Å². The lowest BCUT2D eigenvalue weighted by molar-refractivity contribution is -0.203. The van der Waals surface area contributed by atoms with E-state index >= 15 is 0 Å². The Kier molecular flexibility index (Phi) is 20.0. The van der Waals surface area contributed by atoms with E-state index in [1.807, 2.05) is 0 Å². The summed E-state index contributed by atoms with van der Waals surface area (Å²) in [6, 6.07) is 42.6. The van der Waals surface area contributed by atoms with Crippen molar-refractivity contribution >= 4 is 70.1 Å². The van der Waals surface area contributed by atoms with E-state index < -0.39 is 108 Å². The maximum absolute atomic E-state index is 14.6. The molecule has 4 atom stereocenters. The molecule has 0 aliphatic carbocycles. The molecule has 24 heteroatoms. The molecule has 0 aliphatic heterocycles. The highest BCUT2D eigenvalue weighted by atomic mass is 16.6. The van der Waals surface area contributed by atoms with Crippen molar-refractivity contribution in [1.82, 2.24) is 0 Å². The molecule has 0 fully saturated rings. The topological polar surface area (TPSA) is 376 Å². The monoisotopic (exact) mass is 1050 g/mol. The minimum atomic E-state index is -2.64. The summed E-state index contributed by atoms with van der Waals surface area (Å²) in [5.74, 6) is -9.34. The van der Waals surface area contributed by atoms with Gasteiger partial charge in [-0.05, 0) is 72.8 Å². The molecule has 0 bridgehead atoms. The number of benzene rings is 6. The molecule has 0 unspecified atom stereocenters. The van der Waals surface area contributed by atoms with Gasteiger partial charge in [-0.15, -0.1) is 0 Å². The lowest BCUT2D eigenvalue weighted by Crippen LogP contribution is -2.56. The molecule has 0 saturated carbocycles. The third-order valence-corrected chi connectivity index (χ3v) is 10.9. The van der Waals surface area contributed by atoms with Gasteiger partial charge in [0, 0.05) is 0 Å². The van der Waals surface area contributed by atoms with Crippen LogP contribution in [0.5, 0.6) is 0 Å². The quantitative estimate of drug-likeness (QED) is 0.0289. The Hall–Kier alpha value is -11.6. The van der Waals surface area contributed by atoms with Crippen LogP contribution in [0.4, 0.5) is 0 Å². The molecule has 24 nitrogen and oxygen atoms in total. The van der Waals surface area contributed by atoms with Gasteiger partial charge in [-0.25, -0.2) is 28.8 Å². The Morgan fingerprint density at radius 3 is 0.654 bits per heavy atom. The van der Waals surface area contributed by atoms with Crippen LogP contribution in [0, 0.1) is 0 Å². The number of hydrogen-bond donors (Lipinski definition) is 0. The Labute approximate surface area is 440 Å². The van der Waals surface area contributed by atoms with E-state index in [-0.39, 0.29) is 33.4 Å². The van der Waals surface area contributed by atoms with Gasteiger partial charge < -0.3 is 61.6 Å². The molecular formula is C54H38N12O12. The highest BCUT2D eigenvalue weighted by Gasteiger charge is 2.50. The Bertz CT molecular complexity index is 3280. The molecule has 0 heterocycles. The third-order valence-electron chi connectivity index (χ3n) is 10.9. The Balaban J connectivity index is 1.62. The summed E-state index contributed by atoms with van der Waals surface area (Å²) in [6.07, 6.45) is -10.2. The zero-order valence-electron chi connectivity index (χ0n) is 40.3. The van der Waals surface area contributed by atoms with Crippen molar-refractivity contribution in [2.24, 2.45) is 0 Å². The third kappa shape index (κ3) is 14.3. The first-order chi connectivity index (χ1) is 38.0. The molecule has 78 heavy (non-hydrogen) atoms. The summed E-state index contributed by atoms with van der Waals surface area (Å²) >= 11 is 0. The zero-order chi connectivity index (χ0) is 55.8. The van der Waals surface area contributed by atoms with Crippen LogP contribution in [0.3, 0.4) is 0 Å². The molecule has 6 aromatic carbocycles. The fraction of sp³-hybridized carbons (Fsp3) is 0.111. The number of carbonyl (C=O) groups is 6. The second-order valence-corrected chi connectivity index (χ2v) is 15.7. The van der Waals surface area contributed by atoms with Crippen LogP contribution >= 0.6 is 0 Å². The average Bonchev–Trinajstić information content (AvgIpc) is 3.49. The van der Waals surface area contributed by atoms with Gasteiger partial charge in [0.2, 0.25) is 0 Å². The fourth-order valence-corrected chi connectivity index (χ4v) is 7.17. The zero-order valence-corrected chi connectivity index (χ0v) is 40.3. The van der Waals surface area contributed by atoms with Gasteiger partial charge >= 0.3 is 70.1 Å². The minimum Gasteiger partial charge on any atom is -0.453 e. The van der Waals surface area contributed by atoms with Gasteiger partial charge in [0.05, 0.1) is 33.4 Å². The summed E-state index contributed by atoms with van der Waals surface area (Å²) in [6.45, 7) is -2.68. The molecular weight excluding hydrogens is 1010 g/mol. The molecule has 0 spiro atoms. The first-order valence-corrected chi connectivity index (χ1v) is 22.8. The van der Waals surface area contributed by atoms with Gasteiger partial charge in [-0.3, -0.25) is 0 Å². The second-order valence-electron chi connectivity index (χ2n) is 15.7. The number of carbonyl (C=O) groups excluding carboxylic acids is 6. The van der Waals surface area contributed by atoms with E-state index in [0.29, 0.717) is 0 Å². The van der Waals surface area contributed by atoms with E-state index in [2.05, 4.69) is 28.7 Å². The number of hydrogen-bond acceptors (Lipinski definition) is 12. The van der Waals surface area contributed by atoms with Crippen molar-refractivity contribution in [2.75, 3.05) is 13.2 Å². The van der Waals surface area contributed by atoms with Crippen LogP contribution in [0.25, 0.3) is 33.2 Å². The van der Waals surface area contributed by atoms with Crippen molar-refractivity contribution in [3.63, 3.8) is 0 Å². The smallest absolute Gasteiger partial charge is 0.422 e. The lowest BCUT2D eigenvalue weighted by Gasteiger charge is -2.34. The lowest BCUT2D eigenvalue weighted by atomic mass is 10.0. The maximum atomic E-state index is 14.6. The van der Waals surface area contributed by atoms with Crippen molar-refractivity contribution in [3.8, 4) is 0 Å². The van der Waals surface area contributed by atoms with Crippen molar-refractivity contribution < 1.29 is 85.9 Å². The van der Waals surface area contributed by atoms with Gasteiger partial charge in [-0.2, -0.15) is 28.7 Å². The molecule has 0 saturated heterocycles. The highest BCUT2D eigenvalue weighted by Crippen LogP contribution is 2.24. The number of ether oxygens (including phenoxy) is 6. The van der Waals surface area contributed by atoms with Crippen LogP contribution in [0.2, 0.25) is 0 Å². The van der Waals surface area contributed by atoms with Crippen molar-refractivity contribution in [1.29, 1.82) is 0 Å². The summed E-state index contributed by atoms with van der Waals surface area (Å²) in [5, 5.41) is 0. The van der Waals surface area contributed by atoms with E-state index in [9.17, 15) is 62.0 Å². The number of esters is 6. The second kappa shape index (κ2) is 28.0. The van der Waals surface area contributed by atoms with E-state index in [1.54, 1.807) is 24.3 Å². The molecule has 0 aliphatic rings. The molecule has 6 aromatic rings. The van der Waals surface area contributed by atoms with E-state index in [0.717, 1.165) is 0 Å². The summed E-state index contributed by atoms with van der Waals surface area (Å²) in [4.78, 5) is 104. The van der Waals surface area contributed by atoms with Gasteiger partial charge in [0.25, 0.3) is 0 Å². The maximum Gasteiger partial charge on any atom is 0.422 e. The molecule has 0 aromatic heterocycles. The van der Waals surface area contributed by atoms with E-state index in [1.165, 1.54) is 158 Å². The van der Waals surface area contributed by atoms with Crippen molar-refractivity contribution in [3.05, 3.63) is 249 Å². The van der Waals surface area contributed by atoms with Gasteiger partial charge in [0.1, 0.15) is 13.2 Å². The van der Waals surface area contributed by atoms with Crippen LogP contribution in [-0.4, -0.2) is 136 Å². The molecule has 6 rings (SSSR count). The summed E-state index contributed by atoms with van der Waals surface area (Å²) in [5.41, 5.74) is 55.8. The average molecular weight is 1050 g/mol. The Morgan fingerprint density at radius 2 is 0.462 bits per heavy atom. The molecule has 0 amide bonds. The molecule has 0 radical (unpaired) electrons. The predicted molar refractivity (Wildman–Crippen MR) is 266 cm³/mol. The van der Waals surface area contributed by atoms with Crippen LogP contribution in [0.15, 0.2) is 182 Å². The number of rotatable bonds is 23. The predicted octanol–water partition coefficient (Wildman–Crippen LogP) is 4.03. The first-order valence-electron chi connectivity index (χ1n) is 22.8. The molecule has 386 valence electrons. The largest absolute Gasteiger partial charge is 0.453 e. The SMILES string of the molecule is [N-]=[N+]=C(C(=O)OC[C@@H](OC(=O)C(=[N+]=[N-])c1ccccc1)[C@@H](OC(=O)C(=[N+]=[N-])c1ccccc1)[C@H](OC(=O)C(=[N+]=[N-])c1ccccc1)[C@@H](COC(=O)C(=[N+]=[N-])c1ccccc1)OC(=O)C(=[N+]=[N-])c1ccccc1)c1ccccc1. The van der Waals surface area contributed by atoms with Gasteiger partial charge in [0.15, 0.2) is 24.4 Å². The summed E-state index contributed by atoms with van der Waals surface area (Å²) in [7, 11) is 0. The van der Waals surface area contributed by atoms with Gasteiger partial charge in [-0.1, -0.05) is 109 Å². The highest BCUT2D eigenvalue weighted by molar-refractivity contribution is 6.43. The number of nitrogens with zero attached hydrogens (tertiary/aromatic N) is 12. The normalized spacial score (nSPS) is 11.5. The minimum absolute atomic E-state index is 0.00894. The van der Waals surface area contributed by atoms with E-state index in [4.69, 9.17) is 28.4 Å². The van der Waals surface area contributed by atoms with Crippen LogP contribution in [-0.2, 0) is 57.2 Å². The fourth-order valence-electron chi connectivity index (χ4n) is 7.17. The Morgan fingerprint density at radius 1 is 0.282 bits per heavy atom. The molecule has 0 N–H and O–H groups in total. The standard InChI is InChI=1S/C54H38N12O12/c55-61-41(33-19-7-1-8-20-33)49(67)73-31-39(75-51(69)43(63-57)35-23-11-3-12-24-35)47(77-53(71)45(65-59)37-27-15-5-16-28-37)48(78-54(72)46(66-60)38-29-17-6-18-30-38)40(76-52(70)44(64-58)36-25-13-4-14-26-36)32-74-50(68)42(62-56)34-21-9-2-10-22-34/h1-30,39-40,47-48H,31-32H2/t39-,40-,47-,48-/m1/s1. The first kappa shape index (κ1) is 55.7. The summed E-state index contributed by atoms with van der Waals surface area (Å²) < 4.78 is 34.7. The van der Waals surface area contributed by atoms with Crippen LogP contribution < -0.4 is 0 Å². The van der Waals surface area contributed by atoms with Crippen molar-refractivity contribution in [2.45, 2.75) is 24.4 Å².